The lowest BCUT2D eigenvalue weighted by Crippen LogP contribution is -2.14. The van der Waals surface area contributed by atoms with Gasteiger partial charge in [-0.05, 0) is 36.2 Å². The summed E-state index contributed by atoms with van der Waals surface area (Å²) < 4.78 is 13.7. The molecule has 0 fully saturated rings. The zero-order valence-electron chi connectivity index (χ0n) is 14.0. The molecule has 4 rings (SSSR count). The van der Waals surface area contributed by atoms with Crippen LogP contribution in [-0.4, -0.2) is 9.97 Å². The molecule has 1 atom stereocenters. The number of hydrogen-bond acceptors (Lipinski definition) is 4. The van der Waals surface area contributed by atoms with Gasteiger partial charge < -0.3 is 5.32 Å². The van der Waals surface area contributed by atoms with Crippen LogP contribution in [0.5, 0.6) is 0 Å². The maximum Gasteiger partial charge on any atom is 0.270 e. The highest BCUT2D eigenvalue weighted by molar-refractivity contribution is 7.22. The first-order valence-electron chi connectivity index (χ1n) is 8.21. The van der Waals surface area contributed by atoms with Crippen molar-refractivity contribution in [3.8, 4) is 10.4 Å². The van der Waals surface area contributed by atoms with Gasteiger partial charge in [-0.1, -0.05) is 42.5 Å². The number of anilines is 1. The molecule has 4 nitrogen and oxygen atoms in total. The van der Waals surface area contributed by atoms with Crippen LogP contribution in [0.3, 0.4) is 0 Å². The van der Waals surface area contributed by atoms with E-state index in [1.807, 2.05) is 43.3 Å². The number of thiophene rings is 1. The van der Waals surface area contributed by atoms with Crippen LogP contribution in [-0.2, 0) is 0 Å². The minimum absolute atomic E-state index is 0.00649. The van der Waals surface area contributed by atoms with Crippen molar-refractivity contribution >= 4 is 27.5 Å². The standard InChI is InChI=1S/C20H16FN3OS/c1-12(13-5-3-2-4-6-13)22-20-23-16-11-17(26-18(16)19(25)24-20)14-7-9-15(21)10-8-14/h2-12H,1H3,(H2,22,23,24,25). The Morgan fingerprint density at radius 3 is 2.58 bits per heavy atom. The summed E-state index contributed by atoms with van der Waals surface area (Å²) in [6.45, 7) is 2.01. The number of aromatic nitrogens is 2. The smallest absolute Gasteiger partial charge is 0.270 e. The number of benzene rings is 2. The van der Waals surface area contributed by atoms with Crippen LogP contribution < -0.4 is 10.9 Å². The molecule has 0 aliphatic rings. The van der Waals surface area contributed by atoms with E-state index >= 15 is 0 Å². The van der Waals surface area contributed by atoms with Crippen LogP contribution in [0.25, 0.3) is 20.7 Å². The molecule has 2 aromatic heterocycles. The predicted octanol–water partition coefficient (Wildman–Crippen LogP) is 4.96. The summed E-state index contributed by atoms with van der Waals surface area (Å²) in [5.41, 5.74) is 2.41. The van der Waals surface area contributed by atoms with Gasteiger partial charge in [0.25, 0.3) is 5.56 Å². The second-order valence-corrected chi connectivity index (χ2v) is 7.08. The average Bonchev–Trinajstić information content (AvgIpc) is 3.08. The number of aromatic amines is 1. The van der Waals surface area contributed by atoms with Gasteiger partial charge in [0.05, 0.1) is 11.6 Å². The van der Waals surface area contributed by atoms with Gasteiger partial charge in [-0.3, -0.25) is 9.78 Å². The molecule has 4 aromatic rings. The van der Waals surface area contributed by atoms with E-state index in [2.05, 4.69) is 15.3 Å². The first kappa shape index (κ1) is 16.5. The summed E-state index contributed by atoms with van der Waals surface area (Å²) in [4.78, 5) is 20.6. The van der Waals surface area contributed by atoms with Crippen molar-refractivity contribution in [1.29, 1.82) is 0 Å². The Labute approximate surface area is 153 Å². The molecule has 0 saturated carbocycles. The van der Waals surface area contributed by atoms with Crippen LogP contribution in [0.1, 0.15) is 18.5 Å². The van der Waals surface area contributed by atoms with Gasteiger partial charge in [0, 0.05) is 4.88 Å². The topological polar surface area (TPSA) is 57.8 Å². The maximum atomic E-state index is 13.1. The number of nitrogens with one attached hydrogen (secondary N) is 2. The summed E-state index contributed by atoms with van der Waals surface area (Å²) in [7, 11) is 0. The molecule has 6 heteroatoms. The third kappa shape index (κ3) is 3.23. The Balaban J connectivity index is 1.68. The van der Waals surface area contributed by atoms with E-state index in [0.717, 1.165) is 16.0 Å². The minimum atomic E-state index is -0.285. The lowest BCUT2D eigenvalue weighted by Gasteiger charge is -2.14. The molecule has 0 radical (unpaired) electrons. The van der Waals surface area contributed by atoms with Crippen molar-refractivity contribution < 1.29 is 4.39 Å². The fraction of sp³-hybridized carbons (Fsp3) is 0.100. The van der Waals surface area contributed by atoms with E-state index in [1.165, 1.54) is 23.5 Å². The monoisotopic (exact) mass is 365 g/mol. The van der Waals surface area contributed by atoms with Gasteiger partial charge >= 0.3 is 0 Å². The largest absolute Gasteiger partial charge is 0.349 e. The number of hydrogen-bond donors (Lipinski definition) is 2. The highest BCUT2D eigenvalue weighted by atomic mass is 32.1. The SMILES string of the molecule is CC(Nc1nc2cc(-c3ccc(F)cc3)sc2c(=O)[nH]1)c1ccccc1. The normalized spacial score (nSPS) is 12.2. The van der Waals surface area contributed by atoms with E-state index in [1.54, 1.807) is 12.1 Å². The van der Waals surface area contributed by atoms with E-state index in [0.29, 0.717) is 16.2 Å². The molecule has 26 heavy (non-hydrogen) atoms. The Morgan fingerprint density at radius 1 is 1.12 bits per heavy atom. The van der Waals surface area contributed by atoms with Crippen molar-refractivity contribution in [2.24, 2.45) is 0 Å². The Kier molecular flexibility index (Phi) is 4.26. The lowest BCUT2D eigenvalue weighted by atomic mass is 10.1. The third-order valence-electron chi connectivity index (χ3n) is 4.16. The molecule has 2 heterocycles. The maximum absolute atomic E-state index is 13.1. The highest BCUT2D eigenvalue weighted by Gasteiger charge is 2.12. The van der Waals surface area contributed by atoms with E-state index in [9.17, 15) is 9.18 Å². The molecular weight excluding hydrogens is 349 g/mol. The molecule has 2 aromatic carbocycles. The number of fused-ring (bicyclic) bond motifs is 1. The summed E-state index contributed by atoms with van der Waals surface area (Å²) in [5, 5.41) is 3.24. The summed E-state index contributed by atoms with van der Waals surface area (Å²) in [6, 6.07) is 18.0. The van der Waals surface area contributed by atoms with E-state index in [-0.39, 0.29) is 17.4 Å². The first-order chi connectivity index (χ1) is 12.6. The summed E-state index contributed by atoms with van der Waals surface area (Å²) in [5.74, 6) is 0.148. The predicted molar refractivity (Wildman–Crippen MR) is 104 cm³/mol. The Morgan fingerprint density at radius 2 is 1.85 bits per heavy atom. The van der Waals surface area contributed by atoms with Crippen LogP contribution in [0.4, 0.5) is 10.3 Å². The molecule has 2 N–H and O–H groups in total. The van der Waals surface area contributed by atoms with Crippen LogP contribution in [0.15, 0.2) is 65.5 Å². The molecule has 130 valence electrons. The van der Waals surface area contributed by atoms with Crippen LogP contribution in [0, 0.1) is 5.82 Å². The van der Waals surface area contributed by atoms with Crippen LogP contribution >= 0.6 is 11.3 Å². The Hall–Kier alpha value is -2.99. The molecule has 0 bridgehead atoms. The number of halogens is 1. The molecule has 0 aliphatic carbocycles. The number of rotatable bonds is 4. The van der Waals surface area contributed by atoms with Crippen LogP contribution in [0.2, 0.25) is 0 Å². The van der Waals surface area contributed by atoms with Crippen molar-refractivity contribution in [3.63, 3.8) is 0 Å². The molecular formula is C20H16FN3OS. The van der Waals surface area contributed by atoms with Gasteiger partial charge in [-0.2, -0.15) is 0 Å². The molecule has 0 amide bonds. The molecule has 0 saturated heterocycles. The van der Waals surface area contributed by atoms with Gasteiger partial charge in [0.2, 0.25) is 5.95 Å². The van der Waals surface area contributed by atoms with E-state index in [4.69, 9.17) is 0 Å². The Bertz CT molecular complexity index is 1100. The number of nitrogens with zero attached hydrogens (tertiary/aromatic N) is 1. The molecule has 0 spiro atoms. The fourth-order valence-corrected chi connectivity index (χ4v) is 3.79. The second kappa shape index (κ2) is 6.72. The van der Waals surface area contributed by atoms with E-state index < -0.39 is 0 Å². The van der Waals surface area contributed by atoms with Crippen molar-refractivity contribution in [2.75, 3.05) is 5.32 Å². The average molecular weight is 365 g/mol. The quantitative estimate of drug-likeness (QED) is 0.537. The number of H-pyrrole nitrogens is 1. The summed E-state index contributed by atoms with van der Waals surface area (Å²) in [6.07, 6.45) is 0. The molecule has 0 aliphatic heterocycles. The first-order valence-corrected chi connectivity index (χ1v) is 9.03. The lowest BCUT2D eigenvalue weighted by molar-refractivity contribution is 0.628. The minimum Gasteiger partial charge on any atom is -0.349 e. The van der Waals surface area contributed by atoms with Gasteiger partial charge in [-0.25, -0.2) is 9.37 Å². The third-order valence-corrected chi connectivity index (χ3v) is 5.34. The highest BCUT2D eigenvalue weighted by Crippen LogP contribution is 2.31. The van der Waals surface area contributed by atoms with Gasteiger partial charge in [0.1, 0.15) is 10.5 Å². The second-order valence-electron chi connectivity index (χ2n) is 6.02. The van der Waals surface area contributed by atoms with Gasteiger partial charge in [-0.15, -0.1) is 11.3 Å². The molecule has 1 unspecified atom stereocenters. The van der Waals surface area contributed by atoms with Crippen molar-refractivity contribution in [3.05, 3.63) is 82.4 Å². The fourth-order valence-electron chi connectivity index (χ4n) is 2.79. The zero-order chi connectivity index (χ0) is 18.1. The summed E-state index contributed by atoms with van der Waals surface area (Å²) >= 11 is 1.35. The van der Waals surface area contributed by atoms with Gasteiger partial charge in [0.15, 0.2) is 0 Å². The van der Waals surface area contributed by atoms with Crippen molar-refractivity contribution in [2.45, 2.75) is 13.0 Å². The van der Waals surface area contributed by atoms with Crippen molar-refractivity contribution in [1.82, 2.24) is 9.97 Å². The zero-order valence-corrected chi connectivity index (χ0v) is 14.8.